The normalized spacial score (nSPS) is 18.1. The number of ether oxygens (including phenoxy) is 3. The third-order valence-corrected chi connectivity index (χ3v) is 6.46. The van der Waals surface area contributed by atoms with Crippen LogP contribution in [-0.4, -0.2) is 34.8 Å². The van der Waals surface area contributed by atoms with Gasteiger partial charge in [0.1, 0.15) is 23.5 Å². The molecule has 37 heavy (non-hydrogen) atoms. The molecule has 4 rings (SSSR count). The maximum Gasteiger partial charge on any atom is 0.407 e. The number of allylic oxidation sites excluding steroid dienone is 1. The molecule has 1 saturated carbocycles. The fraction of sp³-hybridized carbons (Fsp3) is 0.433. The second-order valence-electron chi connectivity index (χ2n) is 10.5. The van der Waals surface area contributed by atoms with E-state index in [1.54, 1.807) is 13.3 Å². The van der Waals surface area contributed by atoms with Crippen molar-refractivity contribution in [1.82, 2.24) is 15.3 Å². The number of hydrogen-bond donors (Lipinski definition) is 1. The highest BCUT2D eigenvalue weighted by molar-refractivity contribution is 5.87. The molecule has 0 atom stereocenters. The minimum Gasteiger partial charge on any atom is -0.487 e. The molecule has 0 saturated heterocycles. The van der Waals surface area contributed by atoms with E-state index in [1.165, 1.54) is 0 Å². The standard InChI is InChI=1S/C30H37N3O4/c1-30(2,3)37-29(34)32-23-15-13-21(14-16-23)11-8-12-24-26(36-20-22-9-6-5-7-10-22)19-31-25-17-18-27(35-4)33-28(24)25/h5-10,12,17-19,21,23H,11,13-16,20H2,1-4H3,(H,32,34)/b12-8+/t21-,23-. The zero-order valence-corrected chi connectivity index (χ0v) is 22.2. The number of nitrogens with zero attached hydrogens (tertiary/aromatic N) is 2. The third-order valence-electron chi connectivity index (χ3n) is 6.46. The number of pyridine rings is 2. The number of benzene rings is 1. The number of carbonyl (C=O) groups excluding carboxylic acids is 1. The monoisotopic (exact) mass is 503 g/mol. The summed E-state index contributed by atoms with van der Waals surface area (Å²) >= 11 is 0. The van der Waals surface area contributed by atoms with E-state index in [4.69, 9.17) is 14.2 Å². The molecule has 1 amide bonds. The van der Waals surface area contributed by atoms with Crippen molar-refractivity contribution in [1.29, 1.82) is 0 Å². The molecule has 0 unspecified atom stereocenters. The van der Waals surface area contributed by atoms with Gasteiger partial charge in [0.05, 0.1) is 18.8 Å². The minimum absolute atomic E-state index is 0.175. The maximum absolute atomic E-state index is 12.1. The fourth-order valence-electron chi connectivity index (χ4n) is 4.57. The van der Waals surface area contributed by atoms with E-state index in [0.29, 0.717) is 24.2 Å². The topological polar surface area (TPSA) is 82.6 Å². The summed E-state index contributed by atoms with van der Waals surface area (Å²) < 4.78 is 17.0. The van der Waals surface area contributed by atoms with E-state index in [1.807, 2.05) is 63.2 Å². The van der Waals surface area contributed by atoms with Crippen molar-refractivity contribution in [2.24, 2.45) is 5.92 Å². The van der Waals surface area contributed by atoms with E-state index >= 15 is 0 Å². The lowest BCUT2D eigenvalue weighted by molar-refractivity contribution is 0.0487. The van der Waals surface area contributed by atoms with Crippen molar-refractivity contribution in [3.63, 3.8) is 0 Å². The van der Waals surface area contributed by atoms with Gasteiger partial charge in [0.15, 0.2) is 0 Å². The summed E-state index contributed by atoms with van der Waals surface area (Å²) in [6.07, 6.45) is 10.7. The number of aromatic nitrogens is 2. The molecular formula is C30H37N3O4. The average Bonchev–Trinajstić information content (AvgIpc) is 2.88. The predicted octanol–water partition coefficient (Wildman–Crippen LogP) is 6.70. The van der Waals surface area contributed by atoms with Gasteiger partial charge < -0.3 is 19.5 Å². The van der Waals surface area contributed by atoms with Crippen molar-refractivity contribution in [2.45, 2.75) is 71.1 Å². The van der Waals surface area contributed by atoms with Gasteiger partial charge in [-0.1, -0.05) is 42.5 Å². The summed E-state index contributed by atoms with van der Waals surface area (Å²) in [6.45, 7) is 6.09. The van der Waals surface area contributed by atoms with Crippen LogP contribution < -0.4 is 14.8 Å². The number of rotatable bonds is 8. The van der Waals surface area contributed by atoms with Crippen LogP contribution in [0.25, 0.3) is 17.1 Å². The Morgan fingerprint density at radius 2 is 1.84 bits per heavy atom. The quantitative estimate of drug-likeness (QED) is 0.368. The van der Waals surface area contributed by atoms with Gasteiger partial charge >= 0.3 is 6.09 Å². The molecule has 7 nitrogen and oxygen atoms in total. The van der Waals surface area contributed by atoms with E-state index < -0.39 is 5.60 Å². The lowest BCUT2D eigenvalue weighted by Gasteiger charge is -2.29. The van der Waals surface area contributed by atoms with Crippen LogP contribution in [0.1, 0.15) is 64.0 Å². The van der Waals surface area contributed by atoms with Gasteiger partial charge in [0.2, 0.25) is 5.88 Å². The van der Waals surface area contributed by atoms with Gasteiger partial charge in [-0.15, -0.1) is 0 Å². The number of nitrogens with one attached hydrogen (secondary N) is 1. The van der Waals surface area contributed by atoms with Crippen LogP contribution in [0.3, 0.4) is 0 Å². The Bertz CT molecular complexity index is 1210. The predicted molar refractivity (Wildman–Crippen MR) is 146 cm³/mol. The first-order chi connectivity index (χ1) is 17.8. The largest absolute Gasteiger partial charge is 0.487 e. The smallest absolute Gasteiger partial charge is 0.407 e. The molecule has 0 aliphatic heterocycles. The van der Waals surface area contributed by atoms with Crippen LogP contribution in [0.15, 0.2) is 54.7 Å². The van der Waals surface area contributed by atoms with Gasteiger partial charge in [-0.3, -0.25) is 4.98 Å². The number of amides is 1. The van der Waals surface area contributed by atoms with Gasteiger partial charge in [-0.05, 0) is 70.4 Å². The SMILES string of the molecule is COc1ccc2ncc(OCc3ccccc3)c(/C=C/C[C@H]3CC[C@H](NC(=O)OC(C)(C)C)CC3)c2n1. The van der Waals surface area contributed by atoms with Crippen LogP contribution in [-0.2, 0) is 11.3 Å². The molecule has 7 heteroatoms. The molecule has 2 heterocycles. The van der Waals surface area contributed by atoms with Crippen LogP contribution in [0.2, 0.25) is 0 Å². The molecule has 1 aliphatic carbocycles. The summed E-state index contributed by atoms with van der Waals surface area (Å²) in [6, 6.07) is 14.0. The van der Waals surface area contributed by atoms with Crippen molar-refractivity contribution in [2.75, 3.05) is 7.11 Å². The number of alkyl carbamates (subject to hydrolysis) is 1. The Hall–Kier alpha value is -3.61. The van der Waals surface area contributed by atoms with Crippen molar-refractivity contribution in [3.8, 4) is 11.6 Å². The van der Waals surface area contributed by atoms with Gasteiger partial charge in [-0.2, -0.15) is 0 Å². The summed E-state index contributed by atoms with van der Waals surface area (Å²) in [4.78, 5) is 21.3. The maximum atomic E-state index is 12.1. The van der Waals surface area contributed by atoms with E-state index in [2.05, 4.69) is 27.4 Å². The molecule has 196 valence electrons. The van der Waals surface area contributed by atoms with Crippen molar-refractivity contribution in [3.05, 3.63) is 65.9 Å². The van der Waals surface area contributed by atoms with Gasteiger partial charge in [-0.25, -0.2) is 9.78 Å². The molecule has 1 fully saturated rings. The second-order valence-corrected chi connectivity index (χ2v) is 10.5. The Labute approximate surface area is 219 Å². The van der Waals surface area contributed by atoms with Crippen molar-refractivity contribution < 1.29 is 19.0 Å². The molecule has 1 aromatic carbocycles. The highest BCUT2D eigenvalue weighted by Gasteiger charge is 2.24. The minimum atomic E-state index is -0.480. The molecule has 1 aliphatic rings. The zero-order valence-electron chi connectivity index (χ0n) is 22.2. The second kappa shape index (κ2) is 12.1. The first-order valence-electron chi connectivity index (χ1n) is 13.0. The van der Waals surface area contributed by atoms with E-state index in [9.17, 15) is 4.79 Å². The summed E-state index contributed by atoms with van der Waals surface area (Å²) in [5.74, 6) is 1.80. The Morgan fingerprint density at radius 1 is 1.08 bits per heavy atom. The highest BCUT2D eigenvalue weighted by Crippen LogP contribution is 2.31. The van der Waals surface area contributed by atoms with Crippen LogP contribution >= 0.6 is 0 Å². The van der Waals surface area contributed by atoms with Crippen LogP contribution in [0.4, 0.5) is 4.79 Å². The first-order valence-corrected chi connectivity index (χ1v) is 13.0. The number of carbonyl (C=O) groups is 1. The zero-order chi connectivity index (χ0) is 26.3. The van der Waals surface area contributed by atoms with Gasteiger partial charge in [0, 0.05) is 17.7 Å². The summed E-state index contributed by atoms with van der Waals surface area (Å²) in [7, 11) is 1.61. The first kappa shape index (κ1) is 26.5. The van der Waals surface area contributed by atoms with Crippen LogP contribution in [0, 0.1) is 5.92 Å². The lowest BCUT2D eigenvalue weighted by Crippen LogP contribution is -2.40. The van der Waals surface area contributed by atoms with E-state index in [-0.39, 0.29) is 12.1 Å². The number of fused-ring (bicyclic) bond motifs is 1. The van der Waals surface area contributed by atoms with E-state index in [0.717, 1.165) is 54.3 Å². The summed E-state index contributed by atoms with van der Waals surface area (Å²) in [5, 5.41) is 3.02. The molecule has 3 aromatic rings. The number of hydrogen-bond acceptors (Lipinski definition) is 6. The molecular weight excluding hydrogens is 466 g/mol. The third kappa shape index (κ3) is 7.68. The summed E-state index contributed by atoms with van der Waals surface area (Å²) in [5.41, 5.74) is 3.06. The Morgan fingerprint density at radius 3 is 2.54 bits per heavy atom. The Balaban J connectivity index is 1.42. The number of methoxy groups -OCH3 is 1. The molecule has 0 bridgehead atoms. The lowest BCUT2D eigenvalue weighted by atomic mass is 9.84. The highest BCUT2D eigenvalue weighted by atomic mass is 16.6. The molecule has 0 radical (unpaired) electrons. The molecule has 1 N–H and O–H groups in total. The van der Waals surface area contributed by atoms with Crippen molar-refractivity contribution >= 4 is 23.2 Å². The van der Waals surface area contributed by atoms with Crippen LogP contribution in [0.5, 0.6) is 11.6 Å². The van der Waals surface area contributed by atoms with Gasteiger partial charge in [0.25, 0.3) is 0 Å². The molecule has 0 spiro atoms. The average molecular weight is 504 g/mol. The fourth-order valence-corrected chi connectivity index (χ4v) is 4.57. The molecule has 2 aromatic heterocycles. The Kier molecular flexibility index (Phi) is 8.64.